The highest BCUT2D eigenvalue weighted by Gasteiger charge is 2.09. The van der Waals surface area contributed by atoms with Crippen LogP contribution < -0.4 is 10.6 Å². The molecule has 1 amide bonds. The van der Waals surface area contributed by atoms with Crippen LogP contribution >= 0.6 is 27.5 Å². The second kappa shape index (κ2) is 6.72. The number of amides is 1. The number of carbonyl (C=O) groups excluding carboxylic acids is 1. The predicted octanol–water partition coefficient (Wildman–Crippen LogP) is 3.47. The van der Waals surface area contributed by atoms with Gasteiger partial charge in [-0.05, 0) is 17.7 Å². The van der Waals surface area contributed by atoms with Crippen molar-refractivity contribution in [3.8, 4) is 0 Å². The van der Waals surface area contributed by atoms with Gasteiger partial charge in [-0.3, -0.25) is 4.79 Å². The second-order valence-electron chi connectivity index (χ2n) is 4.08. The van der Waals surface area contributed by atoms with Crippen molar-refractivity contribution >= 4 is 39.3 Å². The van der Waals surface area contributed by atoms with E-state index >= 15 is 0 Å². The van der Waals surface area contributed by atoms with Crippen molar-refractivity contribution in [1.29, 1.82) is 0 Å². The number of hydrogen-bond donors (Lipinski definition) is 2. The van der Waals surface area contributed by atoms with Gasteiger partial charge in [-0.25, -0.2) is 4.98 Å². The Kier molecular flexibility index (Phi) is 4.98. The number of benzene rings is 1. The highest BCUT2D eigenvalue weighted by Crippen LogP contribution is 2.20. The van der Waals surface area contributed by atoms with E-state index in [1.54, 1.807) is 13.1 Å². The molecule has 0 saturated carbocycles. The Hall–Kier alpha value is -1.59. The lowest BCUT2D eigenvalue weighted by Gasteiger charge is -2.08. The lowest BCUT2D eigenvalue weighted by atomic mass is 10.2. The summed E-state index contributed by atoms with van der Waals surface area (Å²) in [5, 5.41) is 6.10. The molecule has 20 heavy (non-hydrogen) atoms. The molecular weight excluding hydrogens is 342 g/mol. The number of anilines is 1. The fourth-order valence-corrected chi connectivity index (χ4v) is 2.35. The molecule has 0 atom stereocenters. The van der Waals surface area contributed by atoms with Gasteiger partial charge in [-0.1, -0.05) is 45.7 Å². The van der Waals surface area contributed by atoms with E-state index in [2.05, 4.69) is 31.5 Å². The molecule has 0 aliphatic heterocycles. The monoisotopic (exact) mass is 353 g/mol. The molecule has 1 aromatic heterocycles. The van der Waals surface area contributed by atoms with Crippen molar-refractivity contribution in [2.45, 2.75) is 6.54 Å². The van der Waals surface area contributed by atoms with Crippen molar-refractivity contribution in [3.05, 3.63) is 57.2 Å². The van der Waals surface area contributed by atoms with Gasteiger partial charge in [0, 0.05) is 24.3 Å². The molecule has 0 radical (unpaired) electrons. The summed E-state index contributed by atoms with van der Waals surface area (Å²) in [7, 11) is 1.72. The van der Waals surface area contributed by atoms with Gasteiger partial charge in [-0.2, -0.15) is 0 Å². The zero-order valence-electron chi connectivity index (χ0n) is 10.8. The summed E-state index contributed by atoms with van der Waals surface area (Å²) in [6.45, 7) is 0.436. The smallest absolute Gasteiger partial charge is 0.253 e. The molecule has 0 aliphatic carbocycles. The van der Waals surface area contributed by atoms with Crippen LogP contribution in [0.5, 0.6) is 0 Å². The first kappa shape index (κ1) is 14.8. The second-order valence-corrected chi connectivity index (χ2v) is 5.34. The molecule has 6 heteroatoms. The van der Waals surface area contributed by atoms with Crippen LogP contribution in [0.3, 0.4) is 0 Å². The van der Waals surface area contributed by atoms with E-state index in [-0.39, 0.29) is 5.91 Å². The van der Waals surface area contributed by atoms with Crippen molar-refractivity contribution in [2.75, 3.05) is 12.4 Å². The van der Waals surface area contributed by atoms with E-state index in [0.29, 0.717) is 22.9 Å². The molecule has 0 fully saturated rings. The van der Waals surface area contributed by atoms with E-state index in [9.17, 15) is 4.79 Å². The number of rotatable bonds is 4. The minimum Gasteiger partial charge on any atom is -0.372 e. The Morgan fingerprint density at radius 3 is 2.80 bits per heavy atom. The molecule has 0 saturated heterocycles. The van der Waals surface area contributed by atoms with Crippen LogP contribution in [0.15, 0.2) is 41.0 Å². The molecular formula is C14H13BrClN3O. The molecule has 4 nitrogen and oxygen atoms in total. The molecule has 104 valence electrons. The Labute approximate surface area is 130 Å². The number of nitrogens with zero attached hydrogens (tertiary/aromatic N) is 1. The van der Waals surface area contributed by atoms with Crippen LogP contribution in [-0.4, -0.2) is 17.9 Å². The van der Waals surface area contributed by atoms with E-state index in [0.717, 1.165) is 10.0 Å². The summed E-state index contributed by atoms with van der Waals surface area (Å²) in [4.78, 5) is 16.1. The molecule has 2 rings (SSSR count). The van der Waals surface area contributed by atoms with E-state index in [1.165, 1.54) is 6.20 Å². The summed E-state index contributed by atoms with van der Waals surface area (Å²) < 4.78 is 0.960. The van der Waals surface area contributed by atoms with Crippen molar-refractivity contribution in [2.24, 2.45) is 0 Å². The van der Waals surface area contributed by atoms with Crippen LogP contribution in [0.4, 0.5) is 5.82 Å². The first-order valence-corrected chi connectivity index (χ1v) is 7.14. The van der Waals surface area contributed by atoms with Crippen LogP contribution in [0, 0.1) is 0 Å². The van der Waals surface area contributed by atoms with E-state index in [4.69, 9.17) is 11.6 Å². The van der Waals surface area contributed by atoms with Crippen molar-refractivity contribution < 1.29 is 4.79 Å². The minimum atomic E-state index is -0.210. The Morgan fingerprint density at radius 1 is 1.40 bits per heavy atom. The zero-order valence-corrected chi connectivity index (χ0v) is 13.1. The average molecular weight is 355 g/mol. The lowest BCUT2D eigenvalue weighted by molar-refractivity contribution is 0.0950. The lowest BCUT2D eigenvalue weighted by Crippen LogP contribution is -2.23. The first-order chi connectivity index (χ1) is 9.61. The molecule has 1 heterocycles. The van der Waals surface area contributed by atoms with Gasteiger partial charge >= 0.3 is 0 Å². The normalized spacial score (nSPS) is 10.2. The van der Waals surface area contributed by atoms with Gasteiger partial charge in [0.15, 0.2) is 0 Å². The maximum absolute atomic E-state index is 12.0. The Bertz CT molecular complexity index is 634. The fraction of sp³-hybridized carbons (Fsp3) is 0.143. The maximum atomic E-state index is 12.0. The molecule has 2 N–H and O–H groups in total. The Balaban J connectivity index is 2.05. The maximum Gasteiger partial charge on any atom is 0.253 e. The van der Waals surface area contributed by atoms with E-state index < -0.39 is 0 Å². The van der Waals surface area contributed by atoms with Crippen molar-refractivity contribution in [3.63, 3.8) is 0 Å². The van der Waals surface area contributed by atoms with Crippen LogP contribution in [0.1, 0.15) is 15.9 Å². The molecule has 0 bridgehead atoms. The number of halogens is 2. The highest BCUT2D eigenvalue weighted by atomic mass is 79.9. The predicted molar refractivity (Wildman–Crippen MR) is 84.1 cm³/mol. The standard InChI is InChI=1S/C14H13BrClN3O/c1-17-13-12(16)6-10(8-18-13)14(20)19-7-9-4-2-3-5-11(9)15/h2-6,8H,7H2,1H3,(H,17,18)(H,19,20). The van der Waals surface area contributed by atoms with Crippen LogP contribution in [-0.2, 0) is 6.54 Å². The molecule has 1 aromatic carbocycles. The van der Waals surface area contributed by atoms with Gasteiger partial charge in [0.1, 0.15) is 5.82 Å². The van der Waals surface area contributed by atoms with Gasteiger partial charge in [-0.15, -0.1) is 0 Å². The molecule has 0 aliphatic rings. The first-order valence-electron chi connectivity index (χ1n) is 5.96. The van der Waals surface area contributed by atoms with Crippen molar-refractivity contribution in [1.82, 2.24) is 10.3 Å². The third-order valence-electron chi connectivity index (χ3n) is 2.74. The highest BCUT2D eigenvalue weighted by molar-refractivity contribution is 9.10. The molecule has 0 unspecified atom stereocenters. The molecule has 0 spiro atoms. The third-order valence-corrected chi connectivity index (χ3v) is 3.80. The quantitative estimate of drug-likeness (QED) is 0.884. The van der Waals surface area contributed by atoms with Gasteiger partial charge in [0.05, 0.1) is 10.6 Å². The van der Waals surface area contributed by atoms with Gasteiger partial charge in [0.25, 0.3) is 5.91 Å². The van der Waals surface area contributed by atoms with Crippen LogP contribution in [0.2, 0.25) is 5.02 Å². The SMILES string of the molecule is CNc1ncc(C(=O)NCc2ccccc2Br)cc1Cl. The molecule has 2 aromatic rings. The summed E-state index contributed by atoms with van der Waals surface area (Å²) in [6.07, 6.45) is 1.49. The third kappa shape index (κ3) is 3.49. The number of carbonyl (C=O) groups is 1. The minimum absolute atomic E-state index is 0.210. The number of aromatic nitrogens is 1. The van der Waals surface area contributed by atoms with Gasteiger partial charge in [0.2, 0.25) is 0 Å². The fourth-order valence-electron chi connectivity index (χ4n) is 1.67. The number of nitrogens with one attached hydrogen (secondary N) is 2. The summed E-state index contributed by atoms with van der Waals surface area (Å²) >= 11 is 9.44. The largest absolute Gasteiger partial charge is 0.372 e. The summed E-state index contributed by atoms with van der Waals surface area (Å²) in [5.74, 6) is 0.340. The average Bonchev–Trinajstić information content (AvgIpc) is 2.46. The Morgan fingerprint density at radius 2 is 2.15 bits per heavy atom. The number of pyridine rings is 1. The summed E-state index contributed by atoms with van der Waals surface area (Å²) in [6, 6.07) is 9.32. The van der Waals surface area contributed by atoms with E-state index in [1.807, 2.05) is 24.3 Å². The topological polar surface area (TPSA) is 54.0 Å². The van der Waals surface area contributed by atoms with Crippen LogP contribution in [0.25, 0.3) is 0 Å². The number of hydrogen-bond acceptors (Lipinski definition) is 3. The zero-order chi connectivity index (χ0) is 14.5. The summed E-state index contributed by atoms with van der Waals surface area (Å²) in [5.41, 5.74) is 1.44. The van der Waals surface area contributed by atoms with Gasteiger partial charge < -0.3 is 10.6 Å².